The molecule has 0 unspecified atom stereocenters. The van der Waals surface area contributed by atoms with Gasteiger partial charge in [-0.25, -0.2) is 4.99 Å². The second-order valence-electron chi connectivity index (χ2n) is 7.15. The third-order valence-electron chi connectivity index (χ3n) is 2.69. The van der Waals surface area contributed by atoms with Crippen LogP contribution in [0.25, 0.3) is 0 Å². The smallest absolute Gasteiger partial charge is 0.260 e. The van der Waals surface area contributed by atoms with Crippen LogP contribution in [0.15, 0.2) is 16.1 Å². The van der Waals surface area contributed by atoms with Crippen molar-refractivity contribution in [3.8, 4) is 0 Å². The first kappa shape index (κ1) is 17.4. The Morgan fingerprint density at radius 2 is 1.80 bits per heavy atom. The molecule has 1 rings (SSSR count). The van der Waals surface area contributed by atoms with Crippen molar-refractivity contribution < 1.29 is 4.79 Å². The second-order valence-corrected chi connectivity index (χ2v) is 9.23. The van der Waals surface area contributed by atoms with Crippen LogP contribution in [0.4, 0.5) is 0 Å². The highest BCUT2D eigenvalue weighted by atomic mass is 32.2. The molecule has 3 nitrogen and oxygen atoms in total. The number of rotatable bonds is 2. The van der Waals surface area contributed by atoms with Crippen LogP contribution in [0.3, 0.4) is 0 Å². The van der Waals surface area contributed by atoms with Gasteiger partial charge in [0, 0.05) is 4.75 Å². The van der Waals surface area contributed by atoms with Gasteiger partial charge < -0.3 is 0 Å². The zero-order valence-corrected chi connectivity index (χ0v) is 15.0. The molecule has 1 aliphatic rings. The number of thioether (sulfide) groups is 1. The van der Waals surface area contributed by atoms with Gasteiger partial charge >= 0.3 is 0 Å². The van der Waals surface area contributed by atoms with Gasteiger partial charge in [-0.05, 0) is 37.9 Å². The fraction of sp³-hybridized carbons (Fsp3) is 0.667. The minimum atomic E-state index is -0.140. The van der Waals surface area contributed by atoms with Crippen LogP contribution in [0.1, 0.15) is 54.9 Å². The Labute approximate surface area is 131 Å². The van der Waals surface area contributed by atoms with Gasteiger partial charge in [0.05, 0.1) is 5.57 Å². The molecule has 0 aromatic rings. The molecule has 0 aliphatic carbocycles. The molecule has 112 valence electrons. The van der Waals surface area contributed by atoms with E-state index in [1.54, 1.807) is 11.8 Å². The number of amides is 1. The fourth-order valence-electron chi connectivity index (χ4n) is 2.52. The van der Waals surface area contributed by atoms with Gasteiger partial charge in [0.1, 0.15) is 5.04 Å². The molecule has 20 heavy (non-hydrogen) atoms. The third-order valence-corrected chi connectivity index (χ3v) is 4.07. The van der Waals surface area contributed by atoms with Crippen molar-refractivity contribution in [2.24, 2.45) is 10.4 Å². The average molecular weight is 313 g/mol. The SMILES string of the molecule is CC(C)=C1C(=O)NC(=S)N=C1SC(C)(C)CC(C)(C)C. The number of aliphatic imine (C=N–C) groups is 1. The van der Waals surface area contributed by atoms with Crippen LogP contribution >= 0.6 is 24.0 Å². The molecule has 1 heterocycles. The molecule has 5 heteroatoms. The average Bonchev–Trinajstić information content (AvgIpc) is 2.08. The Bertz CT molecular complexity index is 492. The fourth-order valence-corrected chi connectivity index (χ4v) is 4.33. The lowest BCUT2D eigenvalue weighted by Crippen LogP contribution is -2.38. The first-order chi connectivity index (χ1) is 8.91. The predicted molar refractivity (Wildman–Crippen MR) is 92.3 cm³/mol. The van der Waals surface area contributed by atoms with Crippen molar-refractivity contribution in [1.82, 2.24) is 5.32 Å². The van der Waals surface area contributed by atoms with Crippen LogP contribution in [-0.2, 0) is 4.79 Å². The number of nitrogens with one attached hydrogen (secondary N) is 1. The number of allylic oxidation sites excluding steroid dienone is 1. The van der Waals surface area contributed by atoms with Gasteiger partial charge in [-0.2, -0.15) is 0 Å². The molecule has 0 fully saturated rings. The molecule has 0 spiro atoms. The Hall–Kier alpha value is -0.680. The largest absolute Gasteiger partial charge is 0.297 e. The van der Waals surface area contributed by atoms with Gasteiger partial charge in [-0.15, -0.1) is 0 Å². The van der Waals surface area contributed by atoms with Crippen LogP contribution in [0.2, 0.25) is 0 Å². The van der Waals surface area contributed by atoms with Gasteiger partial charge in [0.2, 0.25) is 5.11 Å². The molecule has 0 bridgehead atoms. The lowest BCUT2D eigenvalue weighted by atomic mass is 9.86. The Morgan fingerprint density at radius 3 is 2.25 bits per heavy atom. The standard InChI is InChI=1S/C15H24N2OS2/c1-9(2)10-11(18)16-13(19)17-12(10)20-15(6,7)8-14(3,4)5/h8H2,1-7H3,(H,16,18,19). The molecular formula is C15H24N2OS2. The summed E-state index contributed by atoms with van der Waals surface area (Å²) in [5, 5.41) is 3.61. The molecular weight excluding hydrogens is 288 g/mol. The molecule has 0 aromatic carbocycles. The zero-order valence-electron chi connectivity index (χ0n) is 13.4. The summed E-state index contributed by atoms with van der Waals surface area (Å²) < 4.78 is -0.00891. The minimum absolute atomic E-state index is 0.00891. The van der Waals surface area contributed by atoms with Crippen molar-refractivity contribution in [3.05, 3.63) is 11.1 Å². The Kier molecular flexibility index (Phi) is 5.19. The first-order valence-corrected chi connectivity index (χ1v) is 7.95. The van der Waals surface area contributed by atoms with Gasteiger partial charge in [0.25, 0.3) is 5.91 Å². The van der Waals surface area contributed by atoms with Crippen LogP contribution in [-0.4, -0.2) is 20.8 Å². The summed E-state index contributed by atoms with van der Waals surface area (Å²) in [6.07, 6.45) is 1.02. The molecule has 1 amide bonds. The van der Waals surface area contributed by atoms with Crippen molar-refractivity contribution in [2.45, 2.75) is 59.6 Å². The maximum atomic E-state index is 12.1. The van der Waals surface area contributed by atoms with E-state index in [0.717, 1.165) is 17.0 Å². The second kappa shape index (κ2) is 5.98. The van der Waals surface area contributed by atoms with Crippen molar-refractivity contribution in [1.29, 1.82) is 0 Å². The molecule has 0 atom stereocenters. The van der Waals surface area contributed by atoms with Crippen LogP contribution in [0.5, 0.6) is 0 Å². The predicted octanol–water partition coefficient (Wildman–Crippen LogP) is 4.08. The van der Waals surface area contributed by atoms with E-state index < -0.39 is 0 Å². The van der Waals surface area contributed by atoms with E-state index >= 15 is 0 Å². The molecule has 1 aliphatic heterocycles. The summed E-state index contributed by atoms with van der Waals surface area (Å²) in [7, 11) is 0. The summed E-state index contributed by atoms with van der Waals surface area (Å²) in [4.78, 5) is 16.4. The maximum Gasteiger partial charge on any atom is 0.260 e. The van der Waals surface area contributed by atoms with Gasteiger partial charge in [-0.1, -0.05) is 52.0 Å². The van der Waals surface area contributed by atoms with Crippen molar-refractivity contribution >= 4 is 40.0 Å². The van der Waals surface area contributed by atoms with E-state index in [4.69, 9.17) is 12.2 Å². The van der Waals surface area contributed by atoms with Gasteiger partial charge in [-0.3, -0.25) is 10.1 Å². The Balaban J connectivity index is 3.07. The first-order valence-electron chi connectivity index (χ1n) is 6.72. The number of thiocarbonyl (C=S) groups is 1. The summed E-state index contributed by atoms with van der Waals surface area (Å²) in [6, 6.07) is 0. The summed E-state index contributed by atoms with van der Waals surface area (Å²) >= 11 is 6.68. The number of carbonyl (C=O) groups is 1. The highest BCUT2D eigenvalue weighted by molar-refractivity contribution is 8.15. The number of hydrogen-bond acceptors (Lipinski definition) is 3. The van der Waals surface area contributed by atoms with Crippen molar-refractivity contribution in [2.75, 3.05) is 0 Å². The summed E-state index contributed by atoms with van der Waals surface area (Å²) in [5.74, 6) is -0.140. The normalized spacial score (nSPS) is 16.9. The van der Waals surface area contributed by atoms with E-state index in [-0.39, 0.29) is 21.2 Å². The quantitative estimate of drug-likeness (QED) is 0.617. The molecule has 0 radical (unpaired) electrons. The van der Waals surface area contributed by atoms with Crippen LogP contribution < -0.4 is 5.32 Å². The topological polar surface area (TPSA) is 41.5 Å². The van der Waals surface area contributed by atoms with E-state index in [1.807, 2.05) is 13.8 Å². The molecule has 0 saturated carbocycles. The van der Waals surface area contributed by atoms with Gasteiger partial charge in [0.15, 0.2) is 0 Å². The molecule has 0 aromatic heterocycles. The van der Waals surface area contributed by atoms with E-state index in [9.17, 15) is 4.79 Å². The zero-order chi connectivity index (χ0) is 15.7. The number of hydrogen-bond donors (Lipinski definition) is 1. The highest BCUT2D eigenvalue weighted by Crippen LogP contribution is 2.39. The van der Waals surface area contributed by atoms with Crippen LogP contribution in [0, 0.1) is 5.41 Å². The molecule has 1 N–H and O–H groups in total. The number of carbonyl (C=O) groups excluding carboxylic acids is 1. The lowest BCUT2D eigenvalue weighted by Gasteiger charge is -2.33. The van der Waals surface area contributed by atoms with E-state index in [2.05, 4.69) is 44.9 Å². The third kappa shape index (κ3) is 5.02. The highest BCUT2D eigenvalue weighted by Gasteiger charge is 2.32. The minimum Gasteiger partial charge on any atom is -0.297 e. The van der Waals surface area contributed by atoms with E-state index in [0.29, 0.717) is 5.57 Å². The van der Waals surface area contributed by atoms with Crippen molar-refractivity contribution in [3.63, 3.8) is 0 Å². The van der Waals surface area contributed by atoms with E-state index in [1.165, 1.54) is 0 Å². The lowest BCUT2D eigenvalue weighted by molar-refractivity contribution is -0.115. The number of nitrogens with zero attached hydrogens (tertiary/aromatic N) is 1. The molecule has 0 saturated heterocycles. The Morgan fingerprint density at radius 1 is 1.25 bits per heavy atom. The monoisotopic (exact) mass is 312 g/mol. The summed E-state index contributed by atoms with van der Waals surface area (Å²) in [6.45, 7) is 14.9. The summed E-state index contributed by atoms with van der Waals surface area (Å²) in [5.41, 5.74) is 1.84. The maximum absolute atomic E-state index is 12.1.